The van der Waals surface area contributed by atoms with Gasteiger partial charge in [-0.15, -0.1) is 0 Å². The summed E-state index contributed by atoms with van der Waals surface area (Å²) in [6.45, 7) is 10.8. The highest BCUT2D eigenvalue weighted by Crippen LogP contribution is 2.41. The van der Waals surface area contributed by atoms with E-state index in [1.54, 1.807) is 0 Å². The van der Waals surface area contributed by atoms with Gasteiger partial charge in [0.25, 0.3) is 0 Å². The standard InChI is InChI=1S/C16H25NO/c1-10-6-7-13(8-11(10)2)12(3)17-14-9-15(18)16(14,4)5/h6-8,12,14-15,17-18H,9H2,1-5H3. The molecule has 0 aromatic heterocycles. The minimum Gasteiger partial charge on any atom is -0.392 e. The quantitative estimate of drug-likeness (QED) is 0.860. The largest absolute Gasteiger partial charge is 0.392 e. The van der Waals surface area contributed by atoms with Crippen molar-refractivity contribution in [1.82, 2.24) is 5.32 Å². The van der Waals surface area contributed by atoms with Crippen molar-refractivity contribution in [2.45, 2.75) is 59.2 Å². The van der Waals surface area contributed by atoms with E-state index in [0.29, 0.717) is 12.1 Å². The van der Waals surface area contributed by atoms with E-state index in [1.807, 2.05) is 0 Å². The topological polar surface area (TPSA) is 32.3 Å². The van der Waals surface area contributed by atoms with Crippen LogP contribution in [0.4, 0.5) is 0 Å². The van der Waals surface area contributed by atoms with Crippen LogP contribution in [0.15, 0.2) is 18.2 Å². The van der Waals surface area contributed by atoms with Crippen molar-refractivity contribution in [3.63, 3.8) is 0 Å². The molecule has 0 bridgehead atoms. The molecule has 1 aromatic rings. The van der Waals surface area contributed by atoms with Gasteiger partial charge in [0.05, 0.1) is 6.10 Å². The highest BCUT2D eigenvalue weighted by Gasteiger charge is 2.47. The third-order valence-electron chi connectivity index (χ3n) is 4.70. The molecule has 3 atom stereocenters. The summed E-state index contributed by atoms with van der Waals surface area (Å²) in [7, 11) is 0. The van der Waals surface area contributed by atoms with Gasteiger partial charge >= 0.3 is 0 Å². The summed E-state index contributed by atoms with van der Waals surface area (Å²) in [6, 6.07) is 7.38. The Morgan fingerprint density at radius 3 is 2.44 bits per heavy atom. The first-order chi connectivity index (χ1) is 8.32. The molecule has 0 aliphatic heterocycles. The maximum atomic E-state index is 9.77. The Labute approximate surface area is 110 Å². The van der Waals surface area contributed by atoms with Gasteiger partial charge in [-0.3, -0.25) is 0 Å². The first-order valence-electron chi connectivity index (χ1n) is 6.83. The molecular weight excluding hydrogens is 222 g/mol. The van der Waals surface area contributed by atoms with Crippen LogP contribution in [0, 0.1) is 19.3 Å². The Hall–Kier alpha value is -0.860. The fourth-order valence-corrected chi connectivity index (χ4v) is 2.62. The van der Waals surface area contributed by atoms with E-state index < -0.39 is 0 Å². The molecule has 2 rings (SSSR count). The molecule has 2 N–H and O–H groups in total. The molecule has 100 valence electrons. The van der Waals surface area contributed by atoms with Crippen molar-refractivity contribution in [3.8, 4) is 0 Å². The number of aryl methyl sites for hydroxylation is 2. The van der Waals surface area contributed by atoms with Crippen LogP contribution in [0.1, 0.15) is 49.9 Å². The maximum absolute atomic E-state index is 9.77. The van der Waals surface area contributed by atoms with Gasteiger partial charge in [-0.05, 0) is 43.9 Å². The van der Waals surface area contributed by atoms with Gasteiger partial charge in [0, 0.05) is 17.5 Å². The second kappa shape index (κ2) is 4.67. The normalized spacial score (nSPS) is 27.7. The Balaban J connectivity index is 2.04. The first-order valence-corrected chi connectivity index (χ1v) is 6.83. The van der Waals surface area contributed by atoms with Gasteiger partial charge in [-0.1, -0.05) is 32.0 Å². The Morgan fingerprint density at radius 2 is 1.94 bits per heavy atom. The molecule has 0 heterocycles. The summed E-state index contributed by atoms with van der Waals surface area (Å²) in [4.78, 5) is 0. The van der Waals surface area contributed by atoms with Gasteiger partial charge < -0.3 is 10.4 Å². The van der Waals surface area contributed by atoms with E-state index in [2.05, 4.69) is 58.1 Å². The molecule has 1 aliphatic rings. The first kappa shape index (κ1) is 13.6. The predicted molar refractivity (Wildman–Crippen MR) is 75.7 cm³/mol. The third-order valence-corrected chi connectivity index (χ3v) is 4.70. The van der Waals surface area contributed by atoms with Gasteiger partial charge in [-0.25, -0.2) is 0 Å². The predicted octanol–water partition coefficient (Wildman–Crippen LogP) is 3.11. The lowest BCUT2D eigenvalue weighted by molar-refractivity contribution is -0.0754. The fourth-order valence-electron chi connectivity index (χ4n) is 2.62. The summed E-state index contributed by atoms with van der Waals surface area (Å²) in [5, 5.41) is 13.4. The van der Waals surface area contributed by atoms with Gasteiger partial charge in [-0.2, -0.15) is 0 Å². The van der Waals surface area contributed by atoms with E-state index in [-0.39, 0.29) is 11.5 Å². The molecular formula is C16H25NO. The van der Waals surface area contributed by atoms with E-state index >= 15 is 0 Å². The summed E-state index contributed by atoms with van der Waals surface area (Å²) < 4.78 is 0. The van der Waals surface area contributed by atoms with Gasteiger partial charge in [0.1, 0.15) is 0 Å². The number of benzene rings is 1. The number of rotatable bonds is 3. The summed E-state index contributed by atoms with van der Waals surface area (Å²) >= 11 is 0. The monoisotopic (exact) mass is 247 g/mol. The van der Waals surface area contributed by atoms with Crippen LogP contribution in [0.25, 0.3) is 0 Å². The molecule has 2 heteroatoms. The molecule has 0 saturated heterocycles. The molecule has 1 aromatic carbocycles. The van der Waals surface area contributed by atoms with Crippen molar-refractivity contribution < 1.29 is 5.11 Å². The fraction of sp³-hybridized carbons (Fsp3) is 0.625. The Morgan fingerprint density at radius 1 is 1.28 bits per heavy atom. The molecule has 1 fully saturated rings. The van der Waals surface area contributed by atoms with Crippen molar-refractivity contribution in [2.24, 2.45) is 5.41 Å². The molecule has 0 spiro atoms. The summed E-state index contributed by atoms with van der Waals surface area (Å²) in [5.74, 6) is 0. The lowest BCUT2D eigenvalue weighted by atomic mass is 9.64. The highest BCUT2D eigenvalue weighted by atomic mass is 16.3. The van der Waals surface area contributed by atoms with Gasteiger partial charge in [0.2, 0.25) is 0 Å². The minimum atomic E-state index is -0.165. The third kappa shape index (κ3) is 2.32. The molecule has 18 heavy (non-hydrogen) atoms. The number of aliphatic hydroxyl groups excluding tert-OH is 1. The van der Waals surface area contributed by atoms with Crippen molar-refractivity contribution in [2.75, 3.05) is 0 Å². The van der Waals surface area contributed by atoms with Crippen LogP contribution in [0.2, 0.25) is 0 Å². The molecule has 0 amide bonds. The summed E-state index contributed by atoms with van der Waals surface area (Å²) in [6.07, 6.45) is 0.698. The average Bonchev–Trinajstić information content (AvgIpc) is 2.32. The molecule has 1 aliphatic carbocycles. The zero-order chi connectivity index (χ0) is 13.5. The molecule has 3 unspecified atom stereocenters. The molecule has 1 saturated carbocycles. The number of nitrogens with one attached hydrogen (secondary N) is 1. The minimum absolute atomic E-state index is 0.00595. The number of hydrogen-bond acceptors (Lipinski definition) is 2. The van der Waals surface area contributed by atoms with Crippen LogP contribution in [0.3, 0.4) is 0 Å². The van der Waals surface area contributed by atoms with Crippen LogP contribution < -0.4 is 5.32 Å². The Kier molecular flexibility index (Phi) is 3.52. The van der Waals surface area contributed by atoms with Crippen molar-refractivity contribution >= 4 is 0 Å². The van der Waals surface area contributed by atoms with Crippen molar-refractivity contribution in [3.05, 3.63) is 34.9 Å². The zero-order valence-electron chi connectivity index (χ0n) is 12.1. The van der Waals surface area contributed by atoms with E-state index in [0.717, 1.165) is 6.42 Å². The Bertz CT molecular complexity index is 439. The van der Waals surface area contributed by atoms with Crippen LogP contribution in [-0.4, -0.2) is 17.3 Å². The van der Waals surface area contributed by atoms with Gasteiger partial charge in [0.15, 0.2) is 0 Å². The van der Waals surface area contributed by atoms with Crippen LogP contribution in [-0.2, 0) is 0 Å². The average molecular weight is 247 g/mol. The lowest BCUT2D eigenvalue weighted by Crippen LogP contribution is -2.60. The maximum Gasteiger partial charge on any atom is 0.0621 e. The summed E-state index contributed by atoms with van der Waals surface area (Å²) in [5.41, 5.74) is 4.00. The second-order valence-electron chi connectivity index (χ2n) is 6.36. The zero-order valence-corrected chi connectivity index (χ0v) is 12.1. The van der Waals surface area contributed by atoms with Crippen LogP contribution in [0.5, 0.6) is 0 Å². The van der Waals surface area contributed by atoms with E-state index in [4.69, 9.17) is 0 Å². The highest BCUT2D eigenvalue weighted by molar-refractivity contribution is 5.31. The molecule has 0 radical (unpaired) electrons. The lowest BCUT2D eigenvalue weighted by Gasteiger charge is -2.50. The SMILES string of the molecule is Cc1ccc(C(C)NC2CC(O)C2(C)C)cc1C. The van der Waals surface area contributed by atoms with E-state index in [9.17, 15) is 5.11 Å². The van der Waals surface area contributed by atoms with E-state index in [1.165, 1.54) is 16.7 Å². The second-order valence-corrected chi connectivity index (χ2v) is 6.36. The number of hydrogen-bond donors (Lipinski definition) is 2. The molecule has 2 nitrogen and oxygen atoms in total. The van der Waals surface area contributed by atoms with Crippen molar-refractivity contribution in [1.29, 1.82) is 0 Å². The smallest absolute Gasteiger partial charge is 0.0621 e. The van der Waals surface area contributed by atoms with Crippen LogP contribution >= 0.6 is 0 Å². The number of aliphatic hydroxyl groups is 1.